The number of rotatable bonds is 4. The Balaban J connectivity index is 0.00000176. The summed E-state index contributed by atoms with van der Waals surface area (Å²) in [6, 6.07) is 9.55. The number of nitrogens with one attached hydrogen (secondary N) is 2. The number of carbonyl (C=O) groups is 1. The van der Waals surface area contributed by atoms with E-state index >= 15 is 0 Å². The largest absolute Gasteiger partial charge is 0.315 e. The predicted molar refractivity (Wildman–Crippen MR) is 89.8 cm³/mol. The van der Waals surface area contributed by atoms with Crippen LogP contribution >= 0.6 is 24.0 Å². The summed E-state index contributed by atoms with van der Waals surface area (Å²) in [6.07, 6.45) is 3.22. The second kappa shape index (κ2) is 7.63. The summed E-state index contributed by atoms with van der Waals surface area (Å²) in [6.45, 7) is 1.94. The van der Waals surface area contributed by atoms with Gasteiger partial charge in [0.05, 0.1) is 12.5 Å². The van der Waals surface area contributed by atoms with Gasteiger partial charge in [-0.05, 0) is 24.6 Å². The van der Waals surface area contributed by atoms with E-state index in [4.69, 9.17) is 11.6 Å². The fraction of sp³-hybridized carbons (Fsp3) is 0.333. The van der Waals surface area contributed by atoms with Gasteiger partial charge in [0.15, 0.2) is 5.82 Å². The zero-order valence-electron chi connectivity index (χ0n) is 12.0. The Labute approximate surface area is 140 Å². The molecule has 1 fully saturated rings. The molecule has 5 nitrogen and oxygen atoms in total. The van der Waals surface area contributed by atoms with Gasteiger partial charge in [0.1, 0.15) is 0 Å². The fourth-order valence-corrected chi connectivity index (χ4v) is 2.68. The van der Waals surface area contributed by atoms with Crippen LogP contribution < -0.4 is 10.6 Å². The molecule has 2 aromatic rings. The van der Waals surface area contributed by atoms with Crippen molar-refractivity contribution in [3.05, 3.63) is 47.1 Å². The van der Waals surface area contributed by atoms with Crippen molar-refractivity contribution in [2.45, 2.75) is 18.9 Å². The third-order valence-corrected chi connectivity index (χ3v) is 3.96. The molecule has 1 unspecified atom stereocenters. The monoisotopic (exact) mass is 340 g/mol. The molecule has 118 valence electrons. The molecule has 1 aliphatic heterocycles. The second-order valence-electron chi connectivity index (χ2n) is 5.14. The quantitative estimate of drug-likeness (QED) is 0.899. The first kappa shape index (κ1) is 16.8. The van der Waals surface area contributed by atoms with Crippen molar-refractivity contribution in [1.29, 1.82) is 0 Å². The maximum atomic E-state index is 12.0. The van der Waals surface area contributed by atoms with Gasteiger partial charge in [0.25, 0.3) is 0 Å². The topological polar surface area (TPSA) is 59.0 Å². The highest BCUT2D eigenvalue weighted by Crippen LogP contribution is 2.17. The van der Waals surface area contributed by atoms with Crippen molar-refractivity contribution in [3.8, 4) is 0 Å². The van der Waals surface area contributed by atoms with Crippen LogP contribution in [-0.2, 0) is 11.2 Å². The van der Waals surface area contributed by atoms with Crippen LogP contribution in [0.25, 0.3) is 0 Å². The van der Waals surface area contributed by atoms with E-state index in [0.717, 1.165) is 25.1 Å². The highest BCUT2D eigenvalue weighted by molar-refractivity contribution is 6.31. The first-order valence-corrected chi connectivity index (χ1v) is 7.39. The van der Waals surface area contributed by atoms with Gasteiger partial charge in [-0.3, -0.25) is 9.48 Å². The molecule has 1 saturated heterocycles. The second-order valence-corrected chi connectivity index (χ2v) is 5.55. The van der Waals surface area contributed by atoms with Crippen LogP contribution in [0.1, 0.15) is 18.0 Å². The molecule has 2 heterocycles. The van der Waals surface area contributed by atoms with E-state index in [1.807, 2.05) is 35.1 Å². The molecular formula is C15H18Cl2N4O. The van der Waals surface area contributed by atoms with Crippen LogP contribution in [0.5, 0.6) is 0 Å². The van der Waals surface area contributed by atoms with Crippen molar-refractivity contribution < 1.29 is 4.79 Å². The van der Waals surface area contributed by atoms with Crippen LogP contribution in [0, 0.1) is 0 Å². The zero-order chi connectivity index (χ0) is 14.7. The van der Waals surface area contributed by atoms with Gasteiger partial charge < -0.3 is 10.6 Å². The fourth-order valence-electron chi connectivity index (χ4n) is 2.48. The number of aromatic nitrogens is 2. The maximum absolute atomic E-state index is 12.0. The lowest BCUT2D eigenvalue weighted by molar-refractivity contribution is -0.115. The summed E-state index contributed by atoms with van der Waals surface area (Å²) in [5, 5.41) is 11.1. The molecule has 0 aliphatic carbocycles. The number of hydrogen-bond donors (Lipinski definition) is 2. The molecule has 0 spiro atoms. The minimum absolute atomic E-state index is 0. The molecular weight excluding hydrogens is 323 g/mol. The SMILES string of the molecule is Cl.O=C(Cc1ccccc1Cl)Nc1ccn(C2CCNC2)n1. The molecule has 1 aromatic heterocycles. The molecule has 0 radical (unpaired) electrons. The average molecular weight is 341 g/mol. The third kappa shape index (κ3) is 4.00. The number of amides is 1. The smallest absolute Gasteiger partial charge is 0.230 e. The highest BCUT2D eigenvalue weighted by Gasteiger charge is 2.17. The Morgan fingerprint density at radius 2 is 2.23 bits per heavy atom. The van der Waals surface area contributed by atoms with Crippen LogP contribution in [0.4, 0.5) is 5.82 Å². The summed E-state index contributed by atoms with van der Waals surface area (Å²) in [5.41, 5.74) is 0.816. The van der Waals surface area contributed by atoms with Gasteiger partial charge in [0.2, 0.25) is 5.91 Å². The number of nitrogens with zero attached hydrogens (tertiary/aromatic N) is 2. The first-order valence-electron chi connectivity index (χ1n) is 7.01. The number of halogens is 2. The van der Waals surface area contributed by atoms with E-state index < -0.39 is 0 Å². The normalized spacial score (nSPS) is 17.0. The van der Waals surface area contributed by atoms with Crippen LogP contribution in [0.2, 0.25) is 5.02 Å². The lowest BCUT2D eigenvalue weighted by Crippen LogP contribution is -2.17. The lowest BCUT2D eigenvalue weighted by atomic mass is 10.1. The average Bonchev–Trinajstić information content (AvgIpc) is 3.12. The molecule has 3 rings (SSSR count). The molecule has 7 heteroatoms. The molecule has 0 bridgehead atoms. The maximum Gasteiger partial charge on any atom is 0.230 e. The van der Waals surface area contributed by atoms with E-state index in [1.165, 1.54) is 0 Å². The van der Waals surface area contributed by atoms with E-state index in [1.54, 1.807) is 6.07 Å². The molecule has 22 heavy (non-hydrogen) atoms. The van der Waals surface area contributed by atoms with Gasteiger partial charge in [-0.2, -0.15) is 5.10 Å². The van der Waals surface area contributed by atoms with Gasteiger partial charge >= 0.3 is 0 Å². The Kier molecular flexibility index (Phi) is 5.83. The molecule has 1 aliphatic rings. The van der Waals surface area contributed by atoms with Crippen LogP contribution in [0.3, 0.4) is 0 Å². The third-order valence-electron chi connectivity index (χ3n) is 3.59. The zero-order valence-corrected chi connectivity index (χ0v) is 13.5. The summed E-state index contributed by atoms with van der Waals surface area (Å²) >= 11 is 6.05. The summed E-state index contributed by atoms with van der Waals surface area (Å²) in [5.74, 6) is 0.469. The Hall–Kier alpha value is -1.56. The highest BCUT2D eigenvalue weighted by atomic mass is 35.5. The van der Waals surface area contributed by atoms with Crippen molar-refractivity contribution in [2.24, 2.45) is 0 Å². The summed E-state index contributed by atoms with van der Waals surface area (Å²) in [4.78, 5) is 12.0. The predicted octanol–water partition coefficient (Wildman–Crippen LogP) is 2.67. The van der Waals surface area contributed by atoms with E-state index in [-0.39, 0.29) is 24.7 Å². The standard InChI is InChI=1S/C15H17ClN4O.ClH/c16-13-4-2-1-3-11(13)9-15(21)18-14-6-8-20(19-14)12-5-7-17-10-12;/h1-4,6,8,12,17H,5,7,9-10H2,(H,18,19,21);1H. The minimum atomic E-state index is -0.113. The number of anilines is 1. The molecule has 2 N–H and O–H groups in total. The van der Waals surface area contributed by atoms with E-state index in [0.29, 0.717) is 16.9 Å². The van der Waals surface area contributed by atoms with Crippen LogP contribution in [-0.4, -0.2) is 28.8 Å². The number of carbonyl (C=O) groups excluding carboxylic acids is 1. The van der Waals surface area contributed by atoms with Crippen molar-refractivity contribution >= 4 is 35.7 Å². The van der Waals surface area contributed by atoms with Crippen molar-refractivity contribution in [2.75, 3.05) is 18.4 Å². The Morgan fingerprint density at radius 3 is 2.95 bits per heavy atom. The number of benzene rings is 1. The van der Waals surface area contributed by atoms with Gasteiger partial charge in [0, 0.05) is 23.8 Å². The summed E-state index contributed by atoms with van der Waals surface area (Å²) in [7, 11) is 0. The Morgan fingerprint density at radius 1 is 1.41 bits per heavy atom. The van der Waals surface area contributed by atoms with Crippen LogP contribution in [0.15, 0.2) is 36.5 Å². The van der Waals surface area contributed by atoms with E-state index in [2.05, 4.69) is 15.7 Å². The first-order chi connectivity index (χ1) is 10.2. The van der Waals surface area contributed by atoms with Gasteiger partial charge in [-0.25, -0.2) is 0 Å². The van der Waals surface area contributed by atoms with Crippen molar-refractivity contribution in [3.63, 3.8) is 0 Å². The minimum Gasteiger partial charge on any atom is -0.315 e. The van der Waals surface area contributed by atoms with Gasteiger partial charge in [-0.15, -0.1) is 12.4 Å². The van der Waals surface area contributed by atoms with Crippen molar-refractivity contribution in [1.82, 2.24) is 15.1 Å². The molecule has 1 aromatic carbocycles. The summed E-state index contributed by atoms with van der Waals surface area (Å²) < 4.78 is 1.91. The Bertz CT molecular complexity index is 638. The molecule has 1 amide bonds. The molecule has 0 saturated carbocycles. The molecule has 1 atom stereocenters. The number of hydrogen-bond acceptors (Lipinski definition) is 3. The lowest BCUT2D eigenvalue weighted by Gasteiger charge is -2.08. The van der Waals surface area contributed by atoms with Gasteiger partial charge in [-0.1, -0.05) is 29.8 Å². The van der Waals surface area contributed by atoms with E-state index in [9.17, 15) is 4.79 Å².